The number of hydrogen-bond acceptors (Lipinski definition) is 2. The van der Waals surface area contributed by atoms with Gasteiger partial charge in [0.25, 0.3) is 0 Å². The van der Waals surface area contributed by atoms with Gasteiger partial charge in [-0.05, 0) is 42.5 Å². The van der Waals surface area contributed by atoms with E-state index in [2.05, 4.69) is 49.1 Å². The first kappa shape index (κ1) is 14.7. The molecule has 0 aliphatic rings. The Morgan fingerprint density at radius 1 is 1.41 bits per heavy atom. The predicted octanol–water partition coefficient (Wildman–Crippen LogP) is 3.55. The van der Waals surface area contributed by atoms with Crippen LogP contribution in [0.5, 0.6) is 0 Å². The summed E-state index contributed by atoms with van der Waals surface area (Å²) in [4.78, 5) is 0. The van der Waals surface area contributed by atoms with E-state index < -0.39 is 0 Å². The Kier molecular flexibility index (Phi) is 6.75. The zero-order valence-corrected chi connectivity index (χ0v) is 12.4. The lowest BCUT2D eigenvalue weighted by Gasteiger charge is -2.18. The van der Waals surface area contributed by atoms with Crippen LogP contribution in [-0.4, -0.2) is 23.1 Å². The van der Waals surface area contributed by atoms with Crippen LogP contribution in [0, 0.1) is 5.92 Å². The summed E-state index contributed by atoms with van der Waals surface area (Å²) in [6, 6.07) is 2.72. The fourth-order valence-corrected chi connectivity index (χ4v) is 2.78. The number of aromatic nitrogens is 1. The number of aryl methyl sites for hydroxylation is 1. The molecule has 1 atom stereocenters. The highest BCUT2D eigenvalue weighted by atomic mass is 32.2. The van der Waals surface area contributed by atoms with Crippen LogP contribution < -0.4 is 5.32 Å². The lowest BCUT2D eigenvalue weighted by Crippen LogP contribution is -2.21. The summed E-state index contributed by atoms with van der Waals surface area (Å²) in [6.45, 7) is 7.88. The minimum Gasteiger partial charge on any atom is -0.354 e. The monoisotopic (exact) mass is 254 g/mol. The van der Waals surface area contributed by atoms with Crippen LogP contribution in [0.4, 0.5) is 0 Å². The largest absolute Gasteiger partial charge is 0.354 e. The van der Waals surface area contributed by atoms with E-state index in [1.54, 1.807) is 0 Å². The smallest absolute Gasteiger partial charge is 0.0355 e. The maximum atomic E-state index is 3.39. The van der Waals surface area contributed by atoms with Crippen molar-refractivity contribution in [3.05, 3.63) is 24.0 Å². The van der Waals surface area contributed by atoms with E-state index in [1.807, 2.05) is 18.8 Å². The summed E-state index contributed by atoms with van der Waals surface area (Å²) in [5.41, 5.74) is 1.41. The average molecular weight is 254 g/mol. The molecule has 0 aliphatic carbocycles. The Bertz CT molecular complexity index is 307. The van der Waals surface area contributed by atoms with E-state index in [0.717, 1.165) is 6.54 Å². The zero-order chi connectivity index (χ0) is 12.7. The second kappa shape index (κ2) is 7.83. The van der Waals surface area contributed by atoms with Crippen molar-refractivity contribution in [2.45, 2.75) is 39.8 Å². The second-order valence-corrected chi connectivity index (χ2v) is 6.14. The van der Waals surface area contributed by atoms with Gasteiger partial charge >= 0.3 is 0 Å². The van der Waals surface area contributed by atoms with Gasteiger partial charge < -0.3 is 9.88 Å². The minimum atomic E-state index is 0.473. The molecule has 1 aromatic heterocycles. The fourth-order valence-electron chi connectivity index (χ4n) is 2.16. The van der Waals surface area contributed by atoms with Crippen LogP contribution >= 0.6 is 11.8 Å². The van der Waals surface area contributed by atoms with E-state index >= 15 is 0 Å². The number of nitrogens with zero attached hydrogens (tertiary/aromatic N) is 1. The van der Waals surface area contributed by atoms with Crippen molar-refractivity contribution >= 4 is 11.8 Å². The normalized spacial score (nSPS) is 13.2. The summed E-state index contributed by atoms with van der Waals surface area (Å²) < 4.78 is 2.32. The first-order valence-corrected chi connectivity index (χ1v) is 7.75. The Balaban J connectivity index is 2.46. The highest BCUT2D eigenvalue weighted by Gasteiger charge is 2.14. The first-order valence-electron chi connectivity index (χ1n) is 6.59. The van der Waals surface area contributed by atoms with Crippen LogP contribution in [0.15, 0.2) is 18.5 Å². The van der Waals surface area contributed by atoms with Gasteiger partial charge in [-0.25, -0.2) is 0 Å². The van der Waals surface area contributed by atoms with E-state index in [-0.39, 0.29) is 0 Å². The van der Waals surface area contributed by atoms with Gasteiger partial charge in [0.05, 0.1) is 0 Å². The standard InChI is InChI=1S/C14H26N2S/c1-5-17-10-6-8-16-9-7-13(11-16)14(15-4)12(2)3/h7,9,11-12,14-15H,5-6,8,10H2,1-4H3. The van der Waals surface area contributed by atoms with Crippen molar-refractivity contribution in [1.82, 2.24) is 9.88 Å². The molecule has 1 N–H and O–H groups in total. The number of rotatable bonds is 8. The molecule has 0 amide bonds. The molecule has 17 heavy (non-hydrogen) atoms. The first-order chi connectivity index (χ1) is 8.19. The van der Waals surface area contributed by atoms with Crippen molar-refractivity contribution in [1.29, 1.82) is 0 Å². The predicted molar refractivity (Wildman–Crippen MR) is 78.7 cm³/mol. The van der Waals surface area contributed by atoms with Crippen molar-refractivity contribution < 1.29 is 0 Å². The maximum Gasteiger partial charge on any atom is 0.0355 e. The summed E-state index contributed by atoms with van der Waals surface area (Å²) in [7, 11) is 2.04. The van der Waals surface area contributed by atoms with Crippen molar-refractivity contribution in [2.75, 3.05) is 18.6 Å². The average Bonchev–Trinajstić information content (AvgIpc) is 2.74. The van der Waals surface area contributed by atoms with Crippen molar-refractivity contribution in [2.24, 2.45) is 5.92 Å². The molecule has 1 aromatic rings. The highest BCUT2D eigenvalue weighted by Crippen LogP contribution is 2.21. The van der Waals surface area contributed by atoms with Crippen LogP contribution in [0.2, 0.25) is 0 Å². The summed E-state index contributed by atoms with van der Waals surface area (Å²) in [6.07, 6.45) is 5.76. The molecule has 98 valence electrons. The maximum absolute atomic E-state index is 3.39. The van der Waals surface area contributed by atoms with Gasteiger partial charge in [0.2, 0.25) is 0 Å². The van der Waals surface area contributed by atoms with Gasteiger partial charge in [0, 0.05) is 25.0 Å². The Morgan fingerprint density at radius 2 is 2.18 bits per heavy atom. The second-order valence-electron chi connectivity index (χ2n) is 4.74. The van der Waals surface area contributed by atoms with Crippen molar-refractivity contribution in [3.63, 3.8) is 0 Å². The van der Waals surface area contributed by atoms with Crippen molar-refractivity contribution in [3.8, 4) is 0 Å². The van der Waals surface area contributed by atoms with Crippen LogP contribution in [0.1, 0.15) is 38.8 Å². The third-order valence-electron chi connectivity index (χ3n) is 3.02. The molecule has 0 radical (unpaired) electrons. The molecule has 1 rings (SSSR count). The molecule has 0 aliphatic heterocycles. The topological polar surface area (TPSA) is 17.0 Å². The minimum absolute atomic E-state index is 0.473. The summed E-state index contributed by atoms with van der Waals surface area (Å²) in [5, 5.41) is 3.39. The molecule has 3 heteroatoms. The Hall–Kier alpha value is -0.410. The van der Waals surface area contributed by atoms with E-state index in [1.165, 1.54) is 23.5 Å². The quantitative estimate of drug-likeness (QED) is 0.715. The zero-order valence-electron chi connectivity index (χ0n) is 11.6. The molecule has 1 heterocycles. The third-order valence-corrected chi connectivity index (χ3v) is 4.00. The molecule has 0 saturated heterocycles. The lowest BCUT2D eigenvalue weighted by molar-refractivity contribution is 0.442. The molecular weight excluding hydrogens is 228 g/mol. The fraction of sp³-hybridized carbons (Fsp3) is 0.714. The molecule has 0 spiro atoms. The SMILES string of the molecule is CCSCCCn1ccc(C(NC)C(C)C)c1. The van der Waals surface area contributed by atoms with E-state index in [4.69, 9.17) is 0 Å². The molecular formula is C14H26N2S. The van der Waals surface area contributed by atoms with E-state index in [9.17, 15) is 0 Å². The Labute approximate surface area is 110 Å². The number of thioether (sulfide) groups is 1. The van der Waals surface area contributed by atoms with Gasteiger partial charge in [-0.2, -0.15) is 11.8 Å². The van der Waals surface area contributed by atoms with Crippen LogP contribution in [0.25, 0.3) is 0 Å². The van der Waals surface area contributed by atoms with Gasteiger partial charge in [-0.1, -0.05) is 20.8 Å². The van der Waals surface area contributed by atoms with Gasteiger partial charge in [0.15, 0.2) is 0 Å². The van der Waals surface area contributed by atoms with Crippen LogP contribution in [0.3, 0.4) is 0 Å². The number of nitrogens with one attached hydrogen (secondary N) is 1. The highest BCUT2D eigenvalue weighted by molar-refractivity contribution is 7.99. The molecule has 0 saturated carbocycles. The molecule has 0 aromatic carbocycles. The van der Waals surface area contributed by atoms with Gasteiger partial charge in [-0.3, -0.25) is 0 Å². The molecule has 0 bridgehead atoms. The number of hydrogen-bond donors (Lipinski definition) is 1. The summed E-state index contributed by atoms with van der Waals surface area (Å²) in [5.74, 6) is 3.13. The van der Waals surface area contributed by atoms with Crippen LogP contribution in [-0.2, 0) is 6.54 Å². The van der Waals surface area contributed by atoms with Gasteiger partial charge in [0.1, 0.15) is 0 Å². The molecule has 0 fully saturated rings. The van der Waals surface area contributed by atoms with Gasteiger partial charge in [-0.15, -0.1) is 0 Å². The third kappa shape index (κ3) is 4.76. The Morgan fingerprint density at radius 3 is 2.76 bits per heavy atom. The summed E-state index contributed by atoms with van der Waals surface area (Å²) >= 11 is 2.02. The molecule has 1 unspecified atom stereocenters. The molecule has 2 nitrogen and oxygen atoms in total. The lowest BCUT2D eigenvalue weighted by atomic mass is 9.99. The van der Waals surface area contributed by atoms with E-state index in [0.29, 0.717) is 12.0 Å².